The number of carbonyl (C=O) groups excluding carboxylic acids is 2. The molecule has 0 aromatic heterocycles. The van der Waals surface area contributed by atoms with Gasteiger partial charge in [-0.2, -0.15) is 0 Å². The average molecular weight is 442 g/mol. The normalized spacial score (nSPS) is 17.5. The Morgan fingerprint density at radius 2 is 1.61 bits per heavy atom. The highest BCUT2D eigenvalue weighted by atomic mass is 16.5. The summed E-state index contributed by atoms with van der Waals surface area (Å²) in [6.45, 7) is 8.30. The van der Waals surface area contributed by atoms with Gasteiger partial charge in [0, 0.05) is 11.3 Å². The summed E-state index contributed by atoms with van der Waals surface area (Å²) < 4.78 is 5.52. The quantitative estimate of drug-likeness (QED) is 0.316. The molecule has 3 aromatic carbocycles. The highest BCUT2D eigenvalue weighted by molar-refractivity contribution is 6.51. The van der Waals surface area contributed by atoms with Crippen LogP contribution in [0.5, 0.6) is 5.75 Å². The first-order valence-corrected chi connectivity index (χ1v) is 11.0. The lowest BCUT2D eigenvalue weighted by Crippen LogP contribution is -2.29. The van der Waals surface area contributed by atoms with E-state index < -0.39 is 17.7 Å². The van der Waals surface area contributed by atoms with Crippen molar-refractivity contribution in [1.29, 1.82) is 0 Å². The molecule has 0 saturated carbocycles. The van der Waals surface area contributed by atoms with Crippen LogP contribution in [0.4, 0.5) is 5.69 Å². The molecule has 1 saturated heterocycles. The minimum Gasteiger partial charge on any atom is -0.507 e. The first-order chi connectivity index (χ1) is 15.8. The predicted octanol–water partition coefficient (Wildman–Crippen LogP) is 5.64. The van der Waals surface area contributed by atoms with Crippen LogP contribution in [0.3, 0.4) is 0 Å². The number of carbonyl (C=O) groups is 2. The van der Waals surface area contributed by atoms with Crippen molar-refractivity contribution in [3.8, 4) is 5.75 Å². The number of amides is 1. The fourth-order valence-corrected chi connectivity index (χ4v) is 4.20. The fraction of sp³-hybridized carbons (Fsp3) is 0.214. The van der Waals surface area contributed by atoms with Gasteiger partial charge in [0.05, 0.1) is 18.2 Å². The van der Waals surface area contributed by atoms with Crippen molar-refractivity contribution in [3.05, 3.63) is 100 Å². The van der Waals surface area contributed by atoms with Crippen LogP contribution in [0.1, 0.15) is 40.8 Å². The van der Waals surface area contributed by atoms with Crippen LogP contribution in [-0.4, -0.2) is 23.4 Å². The van der Waals surface area contributed by atoms with Crippen molar-refractivity contribution in [2.75, 3.05) is 11.5 Å². The number of hydrogen-bond donors (Lipinski definition) is 1. The van der Waals surface area contributed by atoms with Crippen molar-refractivity contribution in [3.63, 3.8) is 0 Å². The largest absolute Gasteiger partial charge is 0.507 e. The number of anilines is 1. The summed E-state index contributed by atoms with van der Waals surface area (Å²) in [5, 5.41) is 11.3. The number of aliphatic hydroxyl groups is 1. The molecule has 0 bridgehead atoms. The summed E-state index contributed by atoms with van der Waals surface area (Å²) in [5.41, 5.74) is 4.95. The van der Waals surface area contributed by atoms with Crippen LogP contribution in [-0.2, 0) is 9.59 Å². The summed E-state index contributed by atoms with van der Waals surface area (Å²) in [5.74, 6) is -0.857. The third-order valence-electron chi connectivity index (χ3n) is 6.13. The molecule has 4 rings (SSSR count). The van der Waals surface area contributed by atoms with E-state index in [1.807, 2.05) is 64.1 Å². The summed E-state index contributed by atoms with van der Waals surface area (Å²) in [4.78, 5) is 28.0. The zero-order chi connectivity index (χ0) is 23.7. The summed E-state index contributed by atoms with van der Waals surface area (Å²) >= 11 is 0. The summed E-state index contributed by atoms with van der Waals surface area (Å²) in [6.07, 6.45) is 0. The van der Waals surface area contributed by atoms with Crippen molar-refractivity contribution in [2.24, 2.45) is 0 Å². The number of aliphatic hydroxyl groups excluding tert-OH is 1. The van der Waals surface area contributed by atoms with E-state index in [0.717, 1.165) is 22.3 Å². The van der Waals surface area contributed by atoms with Gasteiger partial charge in [0.15, 0.2) is 0 Å². The zero-order valence-corrected chi connectivity index (χ0v) is 19.3. The van der Waals surface area contributed by atoms with Crippen LogP contribution < -0.4 is 9.64 Å². The van der Waals surface area contributed by atoms with Gasteiger partial charge in [-0.05, 0) is 80.3 Å². The highest BCUT2D eigenvalue weighted by Crippen LogP contribution is 2.43. The van der Waals surface area contributed by atoms with E-state index in [0.29, 0.717) is 23.6 Å². The number of hydrogen-bond acceptors (Lipinski definition) is 4. The molecule has 1 atom stereocenters. The topological polar surface area (TPSA) is 66.8 Å². The monoisotopic (exact) mass is 441 g/mol. The second kappa shape index (κ2) is 8.94. The maximum Gasteiger partial charge on any atom is 0.300 e. The Morgan fingerprint density at radius 1 is 0.909 bits per heavy atom. The number of aryl methyl sites for hydroxylation is 3. The standard InChI is InChI=1S/C28H27NO4/c1-5-33-22-14-12-21(13-15-22)29-25(23-9-7-6-8-18(23)3)24(27(31)28(29)32)26(30)20-11-10-17(2)19(4)16-20/h6-16,25,30H,5H2,1-4H3/b26-24+. The number of ketones is 1. The van der Waals surface area contributed by atoms with E-state index in [-0.39, 0.29) is 11.3 Å². The second-order valence-corrected chi connectivity index (χ2v) is 8.25. The molecule has 1 heterocycles. The Bertz CT molecular complexity index is 1260. The number of Topliss-reactive ketones (excluding diaryl/α,β-unsaturated/α-hetero) is 1. The van der Waals surface area contributed by atoms with Gasteiger partial charge in [0.25, 0.3) is 11.7 Å². The number of rotatable bonds is 5. The molecule has 1 fully saturated rings. The van der Waals surface area contributed by atoms with Gasteiger partial charge in [0.2, 0.25) is 0 Å². The fourth-order valence-electron chi connectivity index (χ4n) is 4.20. The van der Waals surface area contributed by atoms with E-state index in [9.17, 15) is 14.7 Å². The maximum atomic E-state index is 13.3. The molecule has 1 amide bonds. The SMILES string of the molecule is CCOc1ccc(N2C(=O)C(=O)/C(=C(/O)c3ccc(C)c(C)c3)C2c2ccccc2C)cc1. The number of nitrogens with zero attached hydrogens (tertiary/aromatic N) is 1. The number of ether oxygens (including phenoxy) is 1. The van der Waals surface area contributed by atoms with Crippen molar-refractivity contribution < 1.29 is 19.4 Å². The molecule has 168 valence electrons. The third-order valence-corrected chi connectivity index (χ3v) is 6.13. The van der Waals surface area contributed by atoms with Crippen LogP contribution in [0.25, 0.3) is 5.76 Å². The molecule has 0 aliphatic carbocycles. The lowest BCUT2D eigenvalue weighted by molar-refractivity contribution is -0.132. The van der Waals surface area contributed by atoms with Crippen LogP contribution >= 0.6 is 0 Å². The summed E-state index contributed by atoms with van der Waals surface area (Å²) in [7, 11) is 0. The van der Waals surface area contributed by atoms with E-state index in [1.54, 1.807) is 30.3 Å². The molecule has 3 aromatic rings. The van der Waals surface area contributed by atoms with E-state index in [2.05, 4.69) is 0 Å². The van der Waals surface area contributed by atoms with Gasteiger partial charge in [-0.15, -0.1) is 0 Å². The summed E-state index contributed by atoms with van der Waals surface area (Å²) in [6, 6.07) is 19.4. The smallest absolute Gasteiger partial charge is 0.300 e. The van der Waals surface area contributed by atoms with Crippen LogP contribution in [0.15, 0.2) is 72.3 Å². The predicted molar refractivity (Wildman–Crippen MR) is 129 cm³/mol. The molecule has 1 aliphatic rings. The maximum absolute atomic E-state index is 13.3. The molecular weight excluding hydrogens is 414 g/mol. The molecular formula is C28H27NO4. The molecule has 5 nitrogen and oxygen atoms in total. The Morgan fingerprint density at radius 3 is 2.24 bits per heavy atom. The molecule has 1 unspecified atom stereocenters. The van der Waals surface area contributed by atoms with Crippen molar-refractivity contribution in [1.82, 2.24) is 0 Å². The molecule has 0 spiro atoms. The Balaban J connectivity index is 1.92. The van der Waals surface area contributed by atoms with Crippen molar-refractivity contribution in [2.45, 2.75) is 33.7 Å². The Labute approximate surface area is 193 Å². The lowest BCUT2D eigenvalue weighted by Gasteiger charge is -2.26. The highest BCUT2D eigenvalue weighted by Gasteiger charge is 2.47. The van der Waals surface area contributed by atoms with E-state index in [1.165, 1.54) is 4.90 Å². The molecule has 5 heteroatoms. The number of benzene rings is 3. The van der Waals surface area contributed by atoms with E-state index >= 15 is 0 Å². The van der Waals surface area contributed by atoms with Gasteiger partial charge in [-0.3, -0.25) is 14.5 Å². The first kappa shape index (κ1) is 22.3. The minimum atomic E-state index is -0.745. The van der Waals surface area contributed by atoms with Gasteiger partial charge in [-0.1, -0.05) is 36.4 Å². The average Bonchev–Trinajstić information content (AvgIpc) is 3.06. The minimum absolute atomic E-state index is 0.0893. The first-order valence-electron chi connectivity index (χ1n) is 11.0. The van der Waals surface area contributed by atoms with Gasteiger partial charge in [0.1, 0.15) is 11.5 Å². The second-order valence-electron chi connectivity index (χ2n) is 8.25. The van der Waals surface area contributed by atoms with Crippen molar-refractivity contribution >= 4 is 23.1 Å². The Kier molecular flexibility index (Phi) is 6.05. The van der Waals surface area contributed by atoms with Gasteiger partial charge < -0.3 is 9.84 Å². The van der Waals surface area contributed by atoms with Gasteiger partial charge >= 0.3 is 0 Å². The lowest BCUT2D eigenvalue weighted by atomic mass is 9.92. The zero-order valence-electron chi connectivity index (χ0n) is 19.3. The van der Waals surface area contributed by atoms with Crippen LogP contribution in [0.2, 0.25) is 0 Å². The molecule has 1 N–H and O–H groups in total. The van der Waals surface area contributed by atoms with Crippen LogP contribution in [0, 0.1) is 20.8 Å². The third kappa shape index (κ3) is 4.02. The van der Waals surface area contributed by atoms with E-state index in [4.69, 9.17) is 4.74 Å². The Hall–Kier alpha value is -3.86. The molecule has 1 aliphatic heterocycles. The molecule has 33 heavy (non-hydrogen) atoms. The van der Waals surface area contributed by atoms with Gasteiger partial charge in [-0.25, -0.2) is 0 Å². The molecule has 0 radical (unpaired) electrons.